The van der Waals surface area contributed by atoms with E-state index in [2.05, 4.69) is 25.3 Å². The lowest BCUT2D eigenvalue weighted by molar-refractivity contribution is -0.0186. The maximum Gasteiger partial charge on any atom is 0.160 e. The van der Waals surface area contributed by atoms with Crippen LogP contribution in [0.15, 0.2) is 0 Å². The van der Waals surface area contributed by atoms with E-state index in [4.69, 9.17) is 10.2 Å². The second kappa shape index (κ2) is 13.1. The van der Waals surface area contributed by atoms with Crippen molar-refractivity contribution in [3.63, 3.8) is 0 Å². The zero-order valence-electron chi connectivity index (χ0n) is 9.12. The van der Waals surface area contributed by atoms with Crippen molar-refractivity contribution in [1.29, 1.82) is 0 Å². The summed E-state index contributed by atoms with van der Waals surface area (Å²) in [7, 11) is 0. The van der Waals surface area contributed by atoms with Gasteiger partial charge in [0.1, 0.15) is 0 Å². The van der Waals surface area contributed by atoms with E-state index >= 15 is 0 Å². The Morgan fingerprint density at radius 3 is 2.06 bits per heavy atom. The highest BCUT2D eigenvalue weighted by Crippen LogP contribution is 2.21. The van der Waals surface area contributed by atoms with Gasteiger partial charge in [-0.2, -0.15) is 60.5 Å². The van der Waals surface area contributed by atoms with Crippen molar-refractivity contribution in [3.05, 3.63) is 0 Å². The number of rotatable bonds is 11. The van der Waals surface area contributed by atoms with Crippen LogP contribution in [0.2, 0.25) is 0 Å². The minimum Gasteiger partial charge on any atom is -0.367 e. The van der Waals surface area contributed by atoms with E-state index < -0.39 is 6.29 Å². The summed E-state index contributed by atoms with van der Waals surface area (Å²) >= 11 is 13.8. The van der Waals surface area contributed by atoms with Crippen LogP contribution in [0.5, 0.6) is 0 Å². The largest absolute Gasteiger partial charge is 0.367 e. The van der Waals surface area contributed by atoms with Gasteiger partial charge < -0.3 is 10.2 Å². The van der Waals surface area contributed by atoms with Gasteiger partial charge in [0.2, 0.25) is 0 Å². The van der Waals surface area contributed by atoms with Crippen molar-refractivity contribution in [2.24, 2.45) is 0 Å². The molecular formula is C9H20O2S5. The maximum atomic E-state index is 8.76. The van der Waals surface area contributed by atoms with Crippen LogP contribution in [-0.4, -0.2) is 62.0 Å². The third-order valence-corrected chi connectivity index (χ3v) is 6.58. The van der Waals surface area contributed by atoms with Gasteiger partial charge >= 0.3 is 0 Å². The van der Waals surface area contributed by atoms with E-state index in [1.807, 2.05) is 23.5 Å². The molecule has 0 fully saturated rings. The smallest absolute Gasteiger partial charge is 0.160 e. The van der Waals surface area contributed by atoms with Crippen LogP contribution in [0.25, 0.3) is 0 Å². The average Bonchev–Trinajstić information content (AvgIpc) is 2.25. The summed E-state index contributed by atoms with van der Waals surface area (Å²) in [6.07, 6.45) is -1.19. The molecule has 1 unspecified atom stereocenters. The molecule has 0 aliphatic rings. The SMILES string of the molecule is OC(O)CSCC(CSCCS)SCCS. The highest BCUT2D eigenvalue weighted by molar-refractivity contribution is 8.05. The fourth-order valence-corrected chi connectivity index (χ4v) is 4.99. The molecule has 2 N–H and O–H groups in total. The minimum absolute atomic E-state index is 0.398. The standard InChI is InChI=1S/C9H20O2S5/c10-9(11)7-15-6-8(16-4-2-13)5-14-3-1-12/h8-13H,1-7H2. The van der Waals surface area contributed by atoms with Gasteiger partial charge in [0.15, 0.2) is 6.29 Å². The van der Waals surface area contributed by atoms with Gasteiger partial charge in [0.05, 0.1) is 0 Å². The summed E-state index contributed by atoms with van der Waals surface area (Å²) in [6, 6.07) is 0. The molecule has 0 saturated heterocycles. The number of thiol groups is 2. The number of aliphatic hydroxyl groups is 2. The summed E-state index contributed by atoms with van der Waals surface area (Å²) < 4.78 is 0. The maximum absolute atomic E-state index is 8.76. The van der Waals surface area contributed by atoms with Crippen LogP contribution in [0, 0.1) is 0 Å². The highest BCUT2D eigenvalue weighted by atomic mass is 32.2. The molecule has 0 spiro atoms. The molecule has 0 aromatic heterocycles. The Balaban J connectivity index is 3.62. The van der Waals surface area contributed by atoms with Gasteiger partial charge in [-0.15, -0.1) is 0 Å². The first kappa shape index (κ1) is 17.7. The van der Waals surface area contributed by atoms with Crippen molar-refractivity contribution in [3.8, 4) is 0 Å². The first-order valence-corrected chi connectivity index (χ1v) is 9.68. The lowest BCUT2D eigenvalue weighted by Crippen LogP contribution is -2.15. The predicted molar refractivity (Wildman–Crippen MR) is 86.8 cm³/mol. The van der Waals surface area contributed by atoms with Crippen molar-refractivity contribution >= 4 is 60.5 Å². The number of aliphatic hydroxyl groups excluding tert-OH is 1. The number of hydrogen-bond acceptors (Lipinski definition) is 7. The summed E-state index contributed by atoms with van der Waals surface area (Å²) in [5.41, 5.74) is 0. The highest BCUT2D eigenvalue weighted by Gasteiger charge is 2.10. The fraction of sp³-hybridized carbons (Fsp3) is 1.00. The Hall–Kier alpha value is 1.67. The Morgan fingerprint density at radius 1 is 0.875 bits per heavy atom. The molecule has 7 heteroatoms. The summed E-state index contributed by atoms with van der Waals surface area (Å²) in [5, 5.41) is 18.1. The zero-order valence-corrected chi connectivity index (χ0v) is 13.4. The van der Waals surface area contributed by atoms with E-state index in [-0.39, 0.29) is 0 Å². The van der Waals surface area contributed by atoms with Gasteiger partial charge in [-0.25, -0.2) is 0 Å². The van der Waals surface area contributed by atoms with Crippen LogP contribution in [0.3, 0.4) is 0 Å². The van der Waals surface area contributed by atoms with Gasteiger partial charge in [0.25, 0.3) is 0 Å². The topological polar surface area (TPSA) is 40.5 Å². The quantitative estimate of drug-likeness (QED) is 0.265. The summed E-state index contributed by atoms with van der Waals surface area (Å²) in [5.74, 6) is 6.41. The van der Waals surface area contributed by atoms with Crippen molar-refractivity contribution < 1.29 is 10.2 Å². The zero-order chi connectivity index (χ0) is 12.2. The van der Waals surface area contributed by atoms with Crippen molar-refractivity contribution in [1.82, 2.24) is 0 Å². The molecule has 0 aliphatic carbocycles. The van der Waals surface area contributed by atoms with Crippen LogP contribution in [0.1, 0.15) is 0 Å². The Labute approximate surface area is 122 Å². The minimum atomic E-state index is -1.19. The molecule has 0 bridgehead atoms. The molecule has 0 aromatic rings. The average molecular weight is 321 g/mol. The normalized spacial score (nSPS) is 13.3. The molecule has 0 aromatic carbocycles. The molecule has 0 amide bonds. The van der Waals surface area contributed by atoms with Gasteiger partial charge in [-0.1, -0.05) is 0 Å². The molecule has 0 rings (SSSR count). The van der Waals surface area contributed by atoms with Crippen molar-refractivity contribution in [2.45, 2.75) is 11.5 Å². The molecule has 98 valence electrons. The number of hydrogen-bond donors (Lipinski definition) is 4. The predicted octanol–water partition coefficient (Wildman–Crippen LogP) is 1.72. The second-order valence-electron chi connectivity index (χ2n) is 3.03. The Kier molecular flexibility index (Phi) is 14.5. The lowest BCUT2D eigenvalue weighted by atomic mass is 10.5. The van der Waals surface area contributed by atoms with Gasteiger partial charge in [0, 0.05) is 34.0 Å². The van der Waals surface area contributed by atoms with E-state index in [1.165, 1.54) is 0 Å². The molecule has 0 saturated carbocycles. The Morgan fingerprint density at radius 2 is 1.50 bits per heavy atom. The van der Waals surface area contributed by atoms with Crippen LogP contribution < -0.4 is 0 Å². The van der Waals surface area contributed by atoms with Crippen molar-refractivity contribution in [2.75, 3.05) is 40.3 Å². The summed E-state index contributed by atoms with van der Waals surface area (Å²) in [6.45, 7) is 0. The monoisotopic (exact) mass is 320 g/mol. The molecule has 0 aliphatic heterocycles. The third-order valence-electron chi connectivity index (χ3n) is 1.55. The van der Waals surface area contributed by atoms with Gasteiger partial charge in [-0.3, -0.25) is 0 Å². The van der Waals surface area contributed by atoms with E-state index in [1.54, 1.807) is 11.8 Å². The molecular weight excluding hydrogens is 300 g/mol. The Bertz CT molecular complexity index is 148. The van der Waals surface area contributed by atoms with E-state index in [9.17, 15) is 0 Å². The van der Waals surface area contributed by atoms with Gasteiger partial charge in [-0.05, 0) is 11.5 Å². The molecule has 1 atom stereocenters. The number of thioether (sulfide) groups is 3. The van der Waals surface area contributed by atoms with Crippen LogP contribution >= 0.6 is 60.5 Å². The molecule has 2 nitrogen and oxygen atoms in total. The molecule has 16 heavy (non-hydrogen) atoms. The second-order valence-corrected chi connectivity index (χ2v) is 7.56. The first-order valence-electron chi connectivity index (χ1n) is 5.05. The molecule has 0 radical (unpaired) electrons. The first-order chi connectivity index (χ1) is 7.70. The van der Waals surface area contributed by atoms with Crippen LogP contribution in [-0.2, 0) is 0 Å². The van der Waals surface area contributed by atoms with Crippen LogP contribution in [0.4, 0.5) is 0 Å². The molecule has 0 heterocycles. The lowest BCUT2D eigenvalue weighted by Gasteiger charge is -2.15. The third kappa shape index (κ3) is 12.1. The van der Waals surface area contributed by atoms with E-state index in [0.717, 1.165) is 34.5 Å². The summed E-state index contributed by atoms with van der Waals surface area (Å²) in [4.78, 5) is 0. The van der Waals surface area contributed by atoms with E-state index in [0.29, 0.717) is 11.0 Å². The fourth-order valence-electron chi connectivity index (χ4n) is 0.948.